The maximum absolute atomic E-state index is 11.8. The SMILES string of the molecule is C=CCCC(CC(C)(C)C=O)[CH](OC(=S)SC)[Sn]([CH2]CCC)([CH2]CCC)[CH2]CCC. The number of hydrogen-bond donors (Lipinski definition) is 0. The molecule has 0 saturated carbocycles. The monoisotopic (exact) mass is 564 g/mol. The van der Waals surface area contributed by atoms with Crippen LogP contribution >= 0.6 is 24.0 Å². The van der Waals surface area contributed by atoms with Gasteiger partial charge in [0.15, 0.2) is 0 Å². The van der Waals surface area contributed by atoms with Crippen molar-refractivity contribution in [1.29, 1.82) is 0 Å². The van der Waals surface area contributed by atoms with Gasteiger partial charge in [0.05, 0.1) is 0 Å². The number of thioether (sulfide) groups is 1. The van der Waals surface area contributed by atoms with E-state index in [0.717, 1.165) is 25.5 Å². The number of ether oxygens (including phenoxy) is 1. The summed E-state index contributed by atoms with van der Waals surface area (Å²) in [5.74, 6) is 0.384. The molecule has 0 aromatic carbocycles. The zero-order chi connectivity index (χ0) is 23.0. The van der Waals surface area contributed by atoms with Crippen LogP contribution in [0.15, 0.2) is 12.7 Å². The van der Waals surface area contributed by atoms with Crippen LogP contribution in [-0.2, 0) is 9.53 Å². The van der Waals surface area contributed by atoms with Gasteiger partial charge in [-0.05, 0) is 0 Å². The second kappa shape index (κ2) is 17.0. The zero-order valence-electron chi connectivity index (χ0n) is 20.6. The number of aldehydes is 1. The Balaban J connectivity index is 6.33. The molecule has 30 heavy (non-hydrogen) atoms. The number of allylic oxidation sites excluding steroid dienone is 1. The van der Waals surface area contributed by atoms with Crippen molar-refractivity contribution in [2.24, 2.45) is 11.3 Å². The molecule has 0 saturated heterocycles. The Hall–Kier alpha value is 0.449. The first-order valence-corrected chi connectivity index (χ1v) is 21.4. The minimum atomic E-state index is -2.73. The summed E-state index contributed by atoms with van der Waals surface area (Å²) in [6.07, 6.45) is 15.7. The average Bonchev–Trinajstić information content (AvgIpc) is 2.74. The molecule has 0 aliphatic carbocycles. The van der Waals surface area contributed by atoms with Crippen molar-refractivity contribution < 1.29 is 9.53 Å². The fourth-order valence-corrected chi connectivity index (χ4v) is 23.8. The fraction of sp³-hybridized carbons (Fsp3) is 0.840. The van der Waals surface area contributed by atoms with Gasteiger partial charge in [-0.3, -0.25) is 0 Å². The molecule has 0 heterocycles. The van der Waals surface area contributed by atoms with Gasteiger partial charge in [-0.1, -0.05) is 0 Å². The van der Waals surface area contributed by atoms with Crippen LogP contribution in [0.25, 0.3) is 0 Å². The summed E-state index contributed by atoms with van der Waals surface area (Å²) in [5.41, 5.74) is -0.327. The Morgan fingerprint density at radius 1 is 1.10 bits per heavy atom. The number of unbranched alkanes of at least 4 members (excludes halogenated alkanes) is 3. The van der Waals surface area contributed by atoms with Crippen LogP contribution in [0.1, 0.15) is 92.4 Å². The van der Waals surface area contributed by atoms with E-state index in [2.05, 4.69) is 41.2 Å². The number of thiocarbonyl (C=S) groups is 1. The molecule has 0 amide bonds. The van der Waals surface area contributed by atoms with E-state index in [4.69, 9.17) is 17.0 Å². The molecule has 5 heteroatoms. The van der Waals surface area contributed by atoms with E-state index in [9.17, 15) is 4.79 Å². The predicted octanol–water partition coefficient (Wildman–Crippen LogP) is 8.61. The molecular weight excluding hydrogens is 515 g/mol. The summed E-state index contributed by atoms with van der Waals surface area (Å²) in [5, 5.41) is 0. The van der Waals surface area contributed by atoms with Crippen LogP contribution in [-0.4, -0.2) is 39.4 Å². The molecule has 2 atom stereocenters. The van der Waals surface area contributed by atoms with Crippen molar-refractivity contribution in [2.75, 3.05) is 6.26 Å². The van der Waals surface area contributed by atoms with Crippen molar-refractivity contribution >= 4 is 53.0 Å². The normalized spacial score (nSPS) is 14.2. The van der Waals surface area contributed by atoms with Gasteiger partial charge in [-0.2, -0.15) is 0 Å². The summed E-state index contributed by atoms with van der Waals surface area (Å²) in [7, 11) is 0. The van der Waals surface area contributed by atoms with Crippen molar-refractivity contribution in [1.82, 2.24) is 0 Å². The van der Waals surface area contributed by atoms with E-state index < -0.39 is 18.4 Å². The van der Waals surface area contributed by atoms with E-state index in [0.29, 0.717) is 10.3 Å². The summed E-state index contributed by atoms with van der Waals surface area (Å²) in [6.45, 7) is 15.1. The average molecular weight is 564 g/mol. The van der Waals surface area contributed by atoms with Crippen molar-refractivity contribution in [2.45, 2.75) is 110 Å². The van der Waals surface area contributed by atoms with Crippen LogP contribution in [0.5, 0.6) is 0 Å². The molecule has 0 fully saturated rings. The van der Waals surface area contributed by atoms with Crippen LogP contribution in [0.2, 0.25) is 13.3 Å². The summed E-state index contributed by atoms with van der Waals surface area (Å²) in [4.78, 5) is 11.8. The predicted molar refractivity (Wildman–Crippen MR) is 143 cm³/mol. The third kappa shape index (κ3) is 11.4. The van der Waals surface area contributed by atoms with Gasteiger partial charge < -0.3 is 0 Å². The van der Waals surface area contributed by atoms with Gasteiger partial charge in [-0.15, -0.1) is 0 Å². The van der Waals surface area contributed by atoms with Crippen LogP contribution in [0, 0.1) is 11.3 Å². The number of hydrogen-bond acceptors (Lipinski definition) is 4. The molecule has 176 valence electrons. The second-order valence-corrected chi connectivity index (χ2v) is 24.7. The first kappa shape index (κ1) is 30.4. The molecule has 0 aromatic rings. The number of carbonyl (C=O) groups excluding carboxylic acids is 1. The zero-order valence-corrected chi connectivity index (χ0v) is 25.1. The first-order valence-electron chi connectivity index (χ1n) is 12.1. The van der Waals surface area contributed by atoms with Gasteiger partial charge in [0, 0.05) is 0 Å². The fourth-order valence-electron chi connectivity index (χ4n) is 4.68. The van der Waals surface area contributed by atoms with Crippen molar-refractivity contribution in [3.05, 3.63) is 12.7 Å². The molecule has 0 rings (SSSR count). The Bertz CT molecular complexity index is 472. The minimum absolute atomic E-state index is 0.267. The van der Waals surface area contributed by atoms with Crippen LogP contribution in [0.4, 0.5) is 0 Å². The molecule has 0 aromatic heterocycles. The van der Waals surface area contributed by atoms with Gasteiger partial charge in [0.2, 0.25) is 0 Å². The molecule has 0 aliphatic heterocycles. The summed E-state index contributed by atoms with van der Waals surface area (Å²) < 4.78 is 11.9. The molecule has 0 aliphatic rings. The maximum atomic E-state index is 11.8. The van der Waals surface area contributed by atoms with Crippen LogP contribution < -0.4 is 0 Å². The van der Waals surface area contributed by atoms with Crippen molar-refractivity contribution in [3.8, 4) is 0 Å². The Morgan fingerprint density at radius 3 is 1.97 bits per heavy atom. The van der Waals surface area contributed by atoms with E-state index >= 15 is 0 Å². The molecule has 2 unspecified atom stereocenters. The van der Waals surface area contributed by atoms with Crippen LogP contribution in [0.3, 0.4) is 0 Å². The molecule has 0 bridgehead atoms. The van der Waals surface area contributed by atoms with Gasteiger partial charge in [0.25, 0.3) is 0 Å². The molecule has 0 radical (unpaired) electrons. The molecular formula is C25H48O2S2Sn. The topological polar surface area (TPSA) is 26.3 Å². The van der Waals surface area contributed by atoms with E-state index in [1.807, 2.05) is 12.3 Å². The Morgan fingerprint density at radius 2 is 1.60 bits per heavy atom. The standard InChI is InChI=1S/C13H21O2S2.3C4H9.Sn/c1-5-6-7-11(8-13(2,3)10-14)9-15-12(16)17-4;3*1-3-4-2;/h5,9-11H,1,6-8H2,2-4H3;3*1,3-4H2,2H3;. The third-order valence-electron chi connectivity index (χ3n) is 6.36. The van der Waals surface area contributed by atoms with Gasteiger partial charge in [-0.25, -0.2) is 0 Å². The van der Waals surface area contributed by atoms with E-state index in [1.54, 1.807) is 11.8 Å². The quantitative estimate of drug-likeness (QED) is 0.0722. The summed E-state index contributed by atoms with van der Waals surface area (Å²) in [6, 6.07) is 0. The van der Waals surface area contributed by atoms with Crippen molar-refractivity contribution in [3.63, 3.8) is 0 Å². The van der Waals surface area contributed by atoms with E-state index in [1.165, 1.54) is 51.8 Å². The van der Waals surface area contributed by atoms with E-state index in [-0.39, 0.29) is 9.53 Å². The Labute approximate surface area is 201 Å². The Kier molecular flexibility index (Phi) is 17.2. The first-order chi connectivity index (χ1) is 14.3. The van der Waals surface area contributed by atoms with Gasteiger partial charge >= 0.3 is 203 Å². The number of rotatable bonds is 18. The molecule has 2 nitrogen and oxygen atoms in total. The van der Waals surface area contributed by atoms with Gasteiger partial charge in [0.1, 0.15) is 0 Å². The molecule has 0 N–H and O–H groups in total. The molecule has 0 spiro atoms. The summed E-state index contributed by atoms with van der Waals surface area (Å²) >= 11 is 4.45. The third-order valence-corrected chi connectivity index (χ3v) is 24.1. The number of carbonyl (C=O) groups is 1. The second-order valence-electron chi connectivity index (χ2n) is 9.60.